The Hall–Kier alpha value is -3.34. The van der Waals surface area contributed by atoms with Crippen LogP contribution < -0.4 is 0 Å². The summed E-state index contributed by atoms with van der Waals surface area (Å²) in [4.78, 5) is 31.3. The Balaban J connectivity index is 1.65. The van der Waals surface area contributed by atoms with Crippen LogP contribution in [0, 0.1) is 0 Å². The van der Waals surface area contributed by atoms with Gasteiger partial charge in [0.2, 0.25) is 0 Å². The quantitative estimate of drug-likeness (QED) is 0.224. The summed E-state index contributed by atoms with van der Waals surface area (Å²) in [6, 6.07) is 13.2. The van der Waals surface area contributed by atoms with Crippen molar-refractivity contribution in [2.24, 2.45) is 0 Å². The summed E-state index contributed by atoms with van der Waals surface area (Å²) in [5.74, 6) is -1.20. The van der Waals surface area contributed by atoms with Crippen molar-refractivity contribution in [2.75, 3.05) is 6.54 Å². The summed E-state index contributed by atoms with van der Waals surface area (Å²) in [5, 5.41) is 12.4. The summed E-state index contributed by atoms with van der Waals surface area (Å²) in [6.45, 7) is 2.60. The van der Waals surface area contributed by atoms with E-state index in [-0.39, 0.29) is 11.3 Å². The standard InChI is InChI=1S/C28H30N2O3/c1-2-3-8-15-30-25(22-17-29-23-12-7-6-11-21(22)23)24(27(32)28(30)33)26(31)20-14-13-18-9-4-5-10-19(18)16-20/h6-7,11-14,16-17,25,29,31H,2-5,8-10,15H2,1H3/b26-24+. The van der Waals surface area contributed by atoms with Crippen LogP contribution in [0.2, 0.25) is 0 Å². The zero-order chi connectivity index (χ0) is 22.9. The molecule has 0 spiro atoms. The minimum absolute atomic E-state index is 0.0741. The third-order valence-corrected chi connectivity index (χ3v) is 7.08. The van der Waals surface area contributed by atoms with Gasteiger partial charge in [-0.05, 0) is 55.4 Å². The number of H-pyrrole nitrogens is 1. The maximum atomic E-state index is 13.3. The number of hydrogen-bond acceptors (Lipinski definition) is 3. The molecule has 2 heterocycles. The van der Waals surface area contributed by atoms with E-state index >= 15 is 0 Å². The van der Waals surface area contributed by atoms with Gasteiger partial charge in [-0.25, -0.2) is 0 Å². The SMILES string of the molecule is CCCCCN1C(=O)C(=O)/C(=C(/O)c2ccc3c(c2)CCCC3)C1c1c[nH]c2ccccc12. The first kappa shape index (κ1) is 21.5. The number of benzene rings is 2. The van der Waals surface area contributed by atoms with Gasteiger partial charge in [0, 0.05) is 34.8 Å². The second kappa shape index (κ2) is 8.89. The van der Waals surface area contributed by atoms with Crippen molar-refractivity contribution >= 4 is 28.4 Å². The van der Waals surface area contributed by atoms with E-state index in [0.717, 1.165) is 55.0 Å². The minimum atomic E-state index is -0.603. The molecule has 1 unspecified atom stereocenters. The molecule has 2 aromatic carbocycles. The number of likely N-dealkylation sites (tertiary alicyclic amines) is 1. The molecule has 0 saturated carbocycles. The van der Waals surface area contributed by atoms with Crippen LogP contribution in [0.15, 0.2) is 54.2 Å². The number of carbonyl (C=O) groups is 2. The van der Waals surface area contributed by atoms with Crippen LogP contribution in [0.25, 0.3) is 16.7 Å². The second-order valence-corrected chi connectivity index (χ2v) is 9.18. The number of carbonyl (C=O) groups excluding carboxylic acids is 2. The molecule has 170 valence electrons. The topological polar surface area (TPSA) is 73.4 Å². The molecule has 1 fully saturated rings. The number of fused-ring (bicyclic) bond motifs is 2. The number of hydrogen-bond donors (Lipinski definition) is 2. The highest BCUT2D eigenvalue weighted by atomic mass is 16.3. The van der Waals surface area contributed by atoms with Gasteiger partial charge in [0.1, 0.15) is 5.76 Å². The fourth-order valence-electron chi connectivity index (χ4n) is 5.32. The van der Waals surface area contributed by atoms with Crippen molar-refractivity contribution in [3.05, 3.63) is 76.5 Å². The van der Waals surface area contributed by atoms with Crippen molar-refractivity contribution in [3.63, 3.8) is 0 Å². The van der Waals surface area contributed by atoms with E-state index in [1.165, 1.54) is 17.5 Å². The molecule has 5 heteroatoms. The molecule has 3 aromatic rings. The smallest absolute Gasteiger partial charge is 0.295 e. The number of nitrogens with zero attached hydrogens (tertiary/aromatic N) is 1. The molecular formula is C28H30N2O3. The van der Waals surface area contributed by atoms with Gasteiger partial charge >= 0.3 is 0 Å². The Labute approximate surface area is 194 Å². The summed E-state index contributed by atoms with van der Waals surface area (Å²) in [7, 11) is 0. The molecule has 0 bridgehead atoms. The lowest BCUT2D eigenvalue weighted by Crippen LogP contribution is -2.30. The summed E-state index contributed by atoms with van der Waals surface area (Å²) in [5.41, 5.74) is 5.14. The molecule has 1 amide bonds. The Morgan fingerprint density at radius 1 is 1.06 bits per heavy atom. The second-order valence-electron chi connectivity index (χ2n) is 9.18. The van der Waals surface area contributed by atoms with Crippen LogP contribution in [0.5, 0.6) is 0 Å². The molecule has 1 aliphatic carbocycles. The summed E-state index contributed by atoms with van der Waals surface area (Å²) in [6.07, 6.45) is 9.04. The van der Waals surface area contributed by atoms with Crippen LogP contribution in [-0.2, 0) is 22.4 Å². The summed E-state index contributed by atoms with van der Waals surface area (Å²) < 4.78 is 0. The van der Waals surface area contributed by atoms with E-state index in [4.69, 9.17) is 0 Å². The number of ketones is 1. The zero-order valence-corrected chi connectivity index (χ0v) is 19.1. The van der Waals surface area contributed by atoms with Gasteiger partial charge in [-0.1, -0.05) is 50.1 Å². The van der Waals surface area contributed by atoms with Crippen molar-refractivity contribution in [2.45, 2.75) is 57.9 Å². The number of Topliss-reactive ketones (excluding diaryl/α,β-unsaturated/α-hetero) is 1. The van der Waals surface area contributed by atoms with Crippen molar-refractivity contribution in [1.82, 2.24) is 9.88 Å². The largest absolute Gasteiger partial charge is 0.507 e. The van der Waals surface area contributed by atoms with Crippen LogP contribution in [0.3, 0.4) is 0 Å². The number of rotatable bonds is 6. The zero-order valence-electron chi connectivity index (χ0n) is 19.1. The number of aryl methyl sites for hydroxylation is 2. The third kappa shape index (κ3) is 3.75. The van der Waals surface area contributed by atoms with E-state index in [1.54, 1.807) is 4.90 Å². The normalized spacial score (nSPS) is 19.9. The molecule has 1 aliphatic heterocycles. The van der Waals surface area contributed by atoms with Gasteiger partial charge in [0.25, 0.3) is 11.7 Å². The fourth-order valence-corrected chi connectivity index (χ4v) is 5.32. The average molecular weight is 443 g/mol. The van der Waals surface area contributed by atoms with Gasteiger partial charge in [0.05, 0.1) is 11.6 Å². The van der Waals surface area contributed by atoms with Gasteiger partial charge in [-0.2, -0.15) is 0 Å². The maximum absolute atomic E-state index is 13.3. The molecule has 33 heavy (non-hydrogen) atoms. The van der Waals surface area contributed by atoms with Gasteiger partial charge < -0.3 is 15.0 Å². The van der Waals surface area contributed by atoms with Crippen molar-refractivity contribution in [3.8, 4) is 0 Å². The number of nitrogens with one attached hydrogen (secondary N) is 1. The predicted molar refractivity (Wildman–Crippen MR) is 130 cm³/mol. The molecule has 1 saturated heterocycles. The number of aliphatic hydroxyl groups excluding tert-OH is 1. The number of aliphatic hydroxyl groups is 1. The van der Waals surface area contributed by atoms with Crippen LogP contribution in [0.1, 0.15) is 67.3 Å². The van der Waals surface area contributed by atoms with Gasteiger partial charge in [-0.15, -0.1) is 0 Å². The average Bonchev–Trinajstić information content (AvgIpc) is 3.37. The van der Waals surface area contributed by atoms with Crippen molar-refractivity contribution < 1.29 is 14.7 Å². The lowest BCUT2D eigenvalue weighted by molar-refractivity contribution is -0.139. The lowest BCUT2D eigenvalue weighted by Gasteiger charge is -2.25. The monoisotopic (exact) mass is 442 g/mol. The van der Waals surface area contributed by atoms with E-state index in [1.807, 2.05) is 42.6 Å². The molecule has 5 rings (SSSR count). The van der Waals surface area contributed by atoms with Crippen LogP contribution in [-0.4, -0.2) is 33.2 Å². The first-order valence-corrected chi connectivity index (χ1v) is 12.1. The lowest BCUT2D eigenvalue weighted by atomic mass is 9.88. The predicted octanol–water partition coefficient (Wildman–Crippen LogP) is 5.66. The summed E-state index contributed by atoms with van der Waals surface area (Å²) >= 11 is 0. The fraction of sp³-hybridized carbons (Fsp3) is 0.357. The maximum Gasteiger partial charge on any atom is 0.295 e. The number of unbranched alkanes of at least 4 members (excludes halogenated alkanes) is 2. The Morgan fingerprint density at radius 2 is 1.85 bits per heavy atom. The Morgan fingerprint density at radius 3 is 2.67 bits per heavy atom. The first-order valence-electron chi connectivity index (χ1n) is 12.1. The van der Waals surface area contributed by atoms with Crippen LogP contribution in [0.4, 0.5) is 0 Å². The van der Waals surface area contributed by atoms with E-state index in [9.17, 15) is 14.7 Å². The minimum Gasteiger partial charge on any atom is -0.507 e. The van der Waals surface area contributed by atoms with E-state index in [2.05, 4.69) is 18.0 Å². The Kier molecular flexibility index (Phi) is 5.79. The number of aromatic amines is 1. The number of amides is 1. The molecule has 2 N–H and O–H groups in total. The first-order chi connectivity index (χ1) is 16.1. The molecule has 1 atom stereocenters. The highest BCUT2D eigenvalue weighted by molar-refractivity contribution is 6.46. The van der Waals surface area contributed by atoms with Crippen molar-refractivity contribution in [1.29, 1.82) is 0 Å². The van der Waals surface area contributed by atoms with Crippen LogP contribution >= 0.6 is 0 Å². The highest BCUT2D eigenvalue weighted by Gasteiger charge is 2.46. The van der Waals surface area contributed by atoms with Gasteiger partial charge in [-0.3, -0.25) is 9.59 Å². The Bertz CT molecular complexity index is 1250. The highest BCUT2D eigenvalue weighted by Crippen LogP contribution is 2.42. The molecular weight excluding hydrogens is 412 g/mol. The molecule has 5 nitrogen and oxygen atoms in total. The molecule has 0 radical (unpaired) electrons. The number of aromatic nitrogens is 1. The van der Waals surface area contributed by atoms with Gasteiger partial charge in [0.15, 0.2) is 0 Å². The third-order valence-electron chi connectivity index (χ3n) is 7.08. The van der Waals surface area contributed by atoms with E-state index in [0.29, 0.717) is 12.1 Å². The molecule has 1 aromatic heterocycles. The number of para-hydroxylation sites is 1. The van der Waals surface area contributed by atoms with E-state index < -0.39 is 17.7 Å². The molecule has 2 aliphatic rings.